The van der Waals surface area contributed by atoms with E-state index in [1.807, 2.05) is 6.92 Å². The smallest absolute Gasteiger partial charge is 0.220 e. The Morgan fingerprint density at radius 1 is 1.26 bits per heavy atom. The zero-order valence-corrected chi connectivity index (χ0v) is 18.0. The van der Waals surface area contributed by atoms with Crippen molar-refractivity contribution < 1.29 is 4.79 Å². The quantitative estimate of drug-likeness (QED) is 0.722. The predicted octanol–water partition coefficient (Wildman–Crippen LogP) is 4.81. The summed E-state index contributed by atoms with van der Waals surface area (Å²) in [4.78, 5) is 18.2. The number of halogens is 1. The summed E-state index contributed by atoms with van der Waals surface area (Å²) in [7, 11) is 0. The molecule has 0 bridgehead atoms. The molecule has 1 aliphatic heterocycles. The first-order chi connectivity index (χ1) is 12.5. The average molecular weight is 408 g/mol. The first-order valence-electron chi connectivity index (χ1n) is 9.57. The number of amides is 1. The molecule has 0 radical (unpaired) electrons. The maximum absolute atomic E-state index is 12.4. The lowest BCUT2D eigenvalue weighted by Crippen LogP contribution is -2.30. The molecule has 1 unspecified atom stereocenters. The largest absolute Gasteiger partial charge is 0.349 e. The topological polar surface area (TPSA) is 54.0 Å². The number of carbonyl (C=O) groups is 1. The van der Waals surface area contributed by atoms with Crippen LogP contribution in [0.2, 0.25) is 0 Å². The SMILES string of the molecule is Cc1ccc(-c2nc(C)c(C(C)NC(=O)CCC3CCNCC3)s2)cc1.Cl. The average Bonchev–Trinajstić information content (AvgIpc) is 3.03. The Kier molecular flexibility index (Phi) is 8.27. The number of nitrogens with one attached hydrogen (secondary N) is 2. The van der Waals surface area contributed by atoms with Crippen molar-refractivity contribution in [3.63, 3.8) is 0 Å². The minimum atomic E-state index is 0. The van der Waals surface area contributed by atoms with Gasteiger partial charge >= 0.3 is 0 Å². The maximum Gasteiger partial charge on any atom is 0.220 e. The number of hydrogen-bond acceptors (Lipinski definition) is 4. The summed E-state index contributed by atoms with van der Waals surface area (Å²) in [6.45, 7) is 8.35. The summed E-state index contributed by atoms with van der Waals surface area (Å²) >= 11 is 1.68. The van der Waals surface area contributed by atoms with Crippen LogP contribution in [-0.2, 0) is 4.79 Å². The number of carbonyl (C=O) groups excluding carboxylic acids is 1. The van der Waals surface area contributed by atoms with Crippen molar-refractivity contribution in [1.82, 2.24) is 15.6 Å². The van der Waals surface area contributed by atoms with E-state index in [1.165, 1.54) is 18.4 Å². The van der Waals surface area contributed by atoms with Gasteiger partial charge in [-0.3, -0.25) is 4.79 Å². The third-order valence-corrected chi connectivity index (χ3v) is 6.53. The van der Waals surface area contributed by atoms with Crippen LogP contribution >= 0.6 is 23.7 Å². The van der Waals surface area contributed by atoms with Crippen molar-refractivity contribution in [1.29, 1.82) is 0 Å². The van der Waals surface area contributed by atoms with Gasteiger partial charge in [-0.15, -0.1) is 23.7 Å². The number of aromatic nitrogens is 1. The van der Waals surface area contributed by atoms with Gasteiger partial charge in [-0.25, -0.2) is 4.98 Å². The van der Waals surface area contributed by atoms with E-state index in [0.717, 1.165) is 40.7 Å². The summed E-state index contributed by atoms with van der Waals surface area (Å²) < 4.78 is 0. The summed E-state index contributed by atoms with van der Waals surface area (Å²) in [5, 5.41) is 7.56. The second-order valence-electron chi connectivity index (χ2n) is 7.36. The van der Waals surface area contributed by atoms with E-state index < -0.39 is 0 Å². The van der Waals surface area contributed by atoms with Gasteiger partial charge in [0.2, 0.25) is 5.91 Å². The monoisotopic (exact) mass is 407 g/mol. The minimum absolute atomic E-state index is 0. The molecule has 1 fully saturated rings. The fourth-order valence-electron chi connectivity index (χ4n) is 3.51. The van der Waals surface area contributed by atoms with Crippen molar-refractivity contribution >= 4 is 29.7 Å². The second kappa shape index (κ2) is 10.2. The van der Waals surface area contributed by atoms with Gasteiger partial charge in [-0.2, -0.15) is 0 Å². The Morgan fingerprint density at radius 2 is 1.93 bits per heavy atom. The maximum atomic E-state index is 12.4. The number of aryl methyl sites for hydroxylation is 2. The molecule has 1 aliphatic rings. The van der Waals surface area contributed by atoms with Gasteiger partial charge in [-0.05, 0) is 59.0 Å². The number of thiazole rings is 1. The summed E-state index contributed by atoms with van der Waals surface area (Å²) in [6, 6.07) is 8.45. The van der Waals surface area contributed by atoms with E-state index in [4.69, 9.17) is 4.98 Å². The van der Waals surface area contributed by atoms with E-state index in [1.54, 1.807) is 11.3 Å². The fraction of sp³-hybridized carbons (Fsp3) is 0.524. The van der Waals surface area contributed by atoms with Crippen LogP contribution in [0.3, 0.4) is 0 Å². The van der Waals surface area contributed by atoms with Gasteiger partial charge in [0, 0.05) is 12.0 Å². The molecular formula is C21H30ClN3OS. The summed E-state index contributed by atoms with van der Waals surface area (Å²) in [5.41, 5.74) is 3.40. The van der Waals surface area contributed by atoms with Crippen molar-refractivity contribution in [2.24, 2.45) is 5.92 Å². The standard InChI is InChI=1S/C21H29N3OS.ClH/c1-14-4-7-18(8-5-14)21-24-16(3)20(26-21)15(2)23-19(25)9-6-17-10-12-22-13-11-17;/h4-5,7-8,15,17,22H,6,9-13H2,1-3H3,(H,23,25);1H. The lowest BCUT2D eigenvalue weighted by atomic mass is 9.93. The third kappa shape index (κ3) is 6.03. The zero-order valence-electron chi connectivity index (χ0n) is 16.4. The molecule has 2 heterocycles. The van der Waals surface area contributed by atoms with Crippen LogP contribution in [0.15, 0.2) is 24.3 Å². The third-order valence-electron chi connectivity index (χ3n) is 5.14. The van der Waals surface area contributed by atoms with Gasteiger partial charge in [0.1, 0.15) is 5.01 Å². The molecule has 1 atom stereocenters. The van der Waals surface area contributed by atoms with E-state index in [2.05, 4.69) is 48.7 Å². The molecule has 2 N–H and O–H groups in total. The molecule has 27 heavy (non-hydrogen) atoms. The van der Waals surface area contributed by atoms with Crippen molar-refractivity contribution in [2.75, 3.05) is 13.1 Å². The van der Waals surface area contributed by atoms with Crippen LogP contribution in [0.4, 0.5) is 0 Å². The highest BCUT2D eigenvalue weighted by Gasteiger charge is 2.19. The molecule has 0 aliphatic carbocycles. The Hall–Kier alpha value is -1.43. The summed E-state index contributed by atoms with van der Waals surface area (Å²) in [5.74, 6) is 0.844. The molecule has 4 nitrogen and oxygen atoms in total. The number of rotatable bonds is 6. The zero-order chi connectivity index (χ0) is 18.5. The molecule has 0 saturated carbocycles. The minimum Gasteiger partial charge on any atom is -0.349 e. The van der Waals surface area contributed by atoms with E-state index in [9.17, 15) is 4.79 Å². The van der Waals surface area contributed by atoms with Crippen LogP contribution in [0.5, 0.6) is 0 Å². The lowest BCUT2D eigenvalue weighted by Gasteiger charge is -2.22. The fourth-order valence-corrected chi connectivity index (χ4v) is 4.59. The first-order valence-corrected chi connectivity index (χ1v) is 10.4. The molecule has 0 spiro atoms. The van der Waals surface area contributed by atoms with E-state index in [-0.39, 0.29) is 24.4 Å². The van der Waals surface area contributed by atoms with Gasteiger partial charge in [0.15, 0.2) is 0 Å². The Morgan fingerprint density at radius 3 is 2.59 bits per heavy atom. The highest BCUT2D eigenvalue weighted by molar-refractivity contribution is 7.15. The summed E-state index contributed by atoms with van der Waals surface area (Å²) in [6.07, 6.45) is 4.00. The van der Waals surface area contributed by atoms with Crippen LogP contribution in [0.1, 0.15) is 54.8 Å². The van der Waals surface area contributed by atoms with Crippen LogP contribution < -0.4 is 10.6 Å². The molecular weight excluding hydrogens is 378 g/mol. The van der Waals surface area contributed by atoms with Crippen LogP contribution in [0, 0.1) is 19.8 Å². The highest BCUT2D eigenvalue weighted by atomic mass is 35.5. The van der Waals surface area contributed by atoms with Gasteiger partial charge < -0.3 is 10.6 Å². The molecule has 1 amide bonds. The van der Waals surface area contributed by atoms with Gasteiger partial charge in [-0.1, -0.05) is 29.8 Å². The van der Waals surface area contributed by atoms with Gasteiger partial charge in [0.05, 0.1) is 16.6 Å². The molecule has 6 heteroatoms. The highest BCUT2D eigenvalue weighted by Crippen LogP contribution is 2.32. The lowest BCUT2D eigenvalue weighted by molar-refractivity contribution is -0.122. The van der Waals surface area contributed by atoms with Crippen molar-refractivity contribution in [3.8, 4) is 10.6 Å². The predicted molar refractivity (Wildman–Crippen MR) is 116 cm³/mol. The number of hydrogen-bond donors (Lipinski definition) is 2. The molecule has 148 valence electrons. The Balaban J connectivity index is 0.00000261. The second-order valence-corrected chi connectivity index (χ2v) is 8.39. The van der Waals surface area contributed by atoms with Crippen molar-refractivity contribution in [3.05, 3.63) is 40.4 Å². The number of piperidine rings is 1. The normalized spacial score (nSPS) is 15.8. The van der Waals surface area contributed by atoms with Crippen molar-refractivity contribution in [2.45, 2.75) is 52.5 Å². The molecule has 3 rings (SSSR count). The first kappa shape index (κ1) is 21.9. The Bertz CT molecular complexity index is 738. The molecule has 1 saturated heterocycles. The van der Waals surface area contributed by atoms with Crippen LogP contribution in [-0.4, -0.2) is 24.0 Å². The van der Waals surface area contributed by atoms with E-state index >= 15 is 0 Å². The molecule has 1 aromatic carbocycles. The van der Waals surface area contributed by atoms with E-state index in [0.29, 0.717) is 12.3 Å². The van der Waals surface area contributed by atoms with Crippen LogP contribution in [0.25, 0.3) is 10.6 Å². The number of benzene rings is 1. The number of nitrogens with zero attached hydrogens (tertiary/aromatic N) is 1. The Labute approximate surface area is 172 Å². The molecule has 1 aromatic heterocycles. The van der Waals surface area contributed by atoms with Gasteiger partial charge in [0.25, 0.3) is 0 Å². The molecule has 2 aromatic rings.